The summed E-state index contributed by atoms with van der Waals surface area (Å²) in [7, 11) is -1.97. The second-order valence-corrected chi connectivity index (χ2v) is 12.1. The maximum atomic E-state index is 13.9. The van der Waals surface area contributed by atoms with E-state index in [1.807, 2.05) is 74.5 Å². The first-order valence-electron chi connectivity index (χ1n) is 13.9. The van der Waals surface area contributed by atoms with Crippen molar-refractivity contribution in [3.8, 4) is 5.75 Å². The number of benzene rings is 3. The minimum Gasteiger partial charge on any atom is -0.497 e. The molecule has 0 unspecified atom stereocenters. The van der Waals surface area contributed by atoms with Crippen molar-refractivity contribution in [2.24, 2.45) is 0 Å². The van der Waals surface area contributed by atoms with Crippen LogP contribution in [0.1, 0.15) is 44.2 Å². The van der Waals surface area contributed by atoms with E-state index >= 15 is 0 Å². The molecule has 3 rings (SSSR count). The molecule has 0 heterocycles. The van der Waals surface area contributed by atoms with E-state index in [0.717, 1.165) is 23.8 Å². The van der Waals surface area contributed by atoms with Crippen LogP contribution in [-0.2, 0) is 32.6 Å². The Morgan fingerprint density at radius 2 is 1.56 bits per heavy atom. The van der Waals surface area contributed by atoms with Crippen LogP contribution in [0.5, 0.6) is 5.75 Å². The van der Waals surface area contributed by atoms with Gasteiger partial charge in [0.1, 0.15) is 11.8 Å². The maximum absolute atomic E-state index is 13.9. The van der Waals surface area contributed by atoms with Crippen LogP contribution in [-0.4, -0.2) is 57.1 Å². The van der Waals surface area contributed by atoms with E-state index in [1.54, 1.807) is 36.3 Å². The van der Waals surface area contributed by atoms with Crippen LogP contribution in [0.25, 0.3) is 0 Å². The standard InChI is InChI=1S/C32H41N3O5S/c1-5-25(2)33-32(37)30(23-26-14-8-6-9-15-26)34(24-27-16-12-19-29(22-27)40-3)31(36)20-13-21-35(41(4,38)39)28-17-10-7-11-18-28/h6-12,14-19,22,25,30H,5,13,20-21,23-24H2,1-4H3,(H,33,37)/t25-,30+/m1/s1. The first kappa shape index (κ1) is 31.7. The third-order valence-corrected chi connectivity index (χ3v) is 8.15. The van der Waals surface area contributed by atoms with Crippen molar-refractivity contribution in [3.63, 3.8) is 0 Å². The van der Waals surface area contributed by atoms with Gasteiger partial charge in [-0.2, -0.15) is 0 Å². The van der Waals surface area contributed by atoms with E-state index in [1.165, 1.54) is 4.31 Å². The van der Waals surface area contributed by atoms with Crippen LogP contribution in [0.4, 0.5) is 5.69 Å². The molecule has 41 heavy (non-hydrogen) atoms. The summed E-state index contributed by atoms with van der Waals surface area (Å²) in [5, 5.41) is 3.06. The molecule has 0 aliphatic carbocycles. The molecule has 0 bridgehead atoms. The summed E-state index contributed by atoms with van der Waals surface area (Å²) in [4.78, 5) is 29.2. The number of carbonyl (C=O) groups is 2. The molecule has 0 fully saturated rings. The highest BCUT2D eigenvalue weighted by Crippen LogP contribution is 2.21. The minimum absolute atomic E-state index is 0.0521. The molecule has 0 radical (unpaired) electrons. The lowest BCUT2D eigenvalue weighted by Crippen LogP contribution is -2.52. The Morgan fingerprint density at radius 3 is 2.17 bits per heavy atom. The number of carbonyl (C=O) groups excluding carboxylic acids is 2. The summed E-state index contributed by atoms with van der Waals surface area (Å²) in [5.41, 5.74) is 2.31. The van der Waals surface area contributed by atoms with Gasteiger partial charge in [0.25, 0.3) is 0 Å². The minimum atomic E-state index is -3.55. The largest absolute Gasteiger partial charge is 0.497 e. The van der Waals surface area contributed by atoms with Crippen molar-refractivity contribution in [1.29, 1.82) is 0 Å². The number of sulfonamides is 1. The molecule has 0 saturated heterocycles. The molecule has 0 aliphatic heterocycles. The van der Waals surface area contributed by atoms with Gasteiger partial charge in [0.15, 0.2) is 0 Å². The predicted molar refractivity (Wildman–Crippen MR) is 163 cm³/mol. The Hall–Kier alpha value is -3.85. The number of amides is 2. The highest BCUT2D eigenvalue weighted by Gasteiger charge is 2.31. The molecule has 1 N–H and O–H groups in total. The summed E-state index contributed by atoms with van der Waals surface area (Å²) in [6.45, 7) is 4.28. The fraction of sp³-hybridized carbons (Fsp3) is 0.375. The molecule has 0 spiro atoms. The van der Waals surface area contributed by atoms with E-state index in [4.69, 9.17) is 4.74 Å². The van der Waals surface area contributed by atoms with E-state index in [-0.39, 0.29) is 37.4 Å². The summed E-state index contributed by atoms with van der Waals surface area (Å²) < 4.78 is 31.8. The predicted octanol–water partition coefficient (Wildman–Crippen LogP) is 4.80. The smallest absolute Gasteiger partial charge is 0.243 e. The molecule has 8 nitrogen and oxygen atoms in total. The first-order chi connectivity index (χ1) is 19.6. The van der Waals surface area contributed by atoms with E-state index in [9.17, 15) is 18.0 Å². The van der Waals surface area contributed by atoms with E-state index in [2.05, 4.69) is 5.32 Å². The number of hydrogen-bond acceptors (Lipinski definition) is 5. The number of nitrogens with one attached hydrogen (secondary N) is 1. The third-order valence-electron chi connectivity index (χ3n) is 6.96. The number of hydrogen-bond donors (Lipinski definition) is 1. The van der Waals surface area contributed by atoms with Gasteiger partial charge in [-0.1, -0.05) is 67.6 Å². The van der Waals surface area contributed by atoms with Gasteiger partial charge in [-0.25, -0.2) is 8.42 Å². The van der Waals surface area contributed by atoms with Crippen molar-refractivity contribution < 1.29 is 22.7 Å². The third kappa shape index (κ3) is 9.63. The zero-order valence-corrected chi connectivity index (χ0v) is 25.1. The molecule has 0 saturated carbocycles. The summed E-state index contributed by atoms with van der Waals surface area (Å²) in [6, 6.07) is 25.1. The highest BCUT2D eigenvalue weighted by molar-refractivity contribution is 7.92. The topological polar surface area (TPSA) is 96.0 Å². The van der Waals surface area contributed by atoms with Crippen LogP contribution in [0.15, 0.2) is 84.9 Å². The van der Waals surface area contributed by atoms with Gasteiger partial charge >= 0.3 is 0 Å². The Labute approximate surface area is 244 Å². The second kappa shape index (κ2) is 15.2. The summed E-state index contributed by atoms with van der Waals surface area (Å²) >= 11 is 0. The van der Waals surface area contributed by atoms with Crippen molar-refractivity contribution in [2.45, 2.75) is 58.2 Å². The van der Waals surface area contributed by atoms with Crippen LogP contribution in [0.3, 0.4) is 0 Å². The SMILES string of the molecule is CC[C@@H](C)NC(=O)[C@H](Cc1ccccc1)N(Cc1cccc(OC)c1)C(=O)CCCN(c1ccccc1)S(C)(=O)=O. The van der Waals surface area contributed by atoms with Crippen LogP contribution in [0, 0.1) is 0 Å². The van der Waals surface area contributed by atoms with Crippen molar-refractivity contribution in [1.82, 2.24) is 10.2 Å². The molecule has 0 aliphatic rings. The van der Waals surface area contributed by atoms with E-state index in [0.29, 0.717) is 24.3 Å². The van der Waals surface area contributed by atoms with Gasteiger partial charge < -0.3 is 15.0 Å². The van der Waals surface area contributed by atoms with Gasteiger partial charge in [0, 0.05) is 32.0 Å². The number of methoxy groups -OCH3 is 1. The Bertz CT molecular complexity index is 1370. The molecule has 3 aromatic carbocycles. The average Bonchev–Trinajstić information content (AvgIpc) is 2.97. The van der Waals surface area contributed by atoms with Gasteiger partial charge in [-0.05, 0) is 55.2 Å². The number of nitrogens with zero attached hydrogens (tertiary/aromatic N) is 2. The lowest BCUT2D eigenvalue weighted by molar-refractivity contribution is -0.141. The number of ether oxygens (including phenoxy) is 1. The summed E-state index contributed by atoms with van der Waals surface area (Å²) in [6.07, 6.45) is 2.63. The van der Waals surface area contributed by atoms with Gasteiger partial charge in [0.2, 0.25) is 21.8 Å². The van der Waals surface area contributed by atoms with E-state index < -0.39 is 16.1 Å². The average molecular weight is 580 g/mol. The molecule has 2 atom stereocenters. The Morgan fingerprint density at radius 1 is 0.927 bits per heavy atom. The summed E-state index contributed by atoms with van der Waals surface area (Å²) in [5.74, 6) is 0.210. The second-order valence-electron chi connectivity index (χ2n) is 10.2. The normalized spacial score (nSPS) is 12.7. The first-order valence-corrected chi connectivity index (χ1v) is 15.8. The van der Waals surface area contributed by atoms with Crippen LogP contribution < -0.4 is 14.4 Å². The molecule has 220 valence electrons. The monoisotopic (exact) mass is 579 g/mol. The zero-order valence-electron chi connectivity index (χ0n) is 24.3. The number of rotatable bonds is 15. The molecular formula is C32H41N3O5S. The Kier molecular flexibility index (Phi) is 11.8. The van der Waals surface area contributed by atoms with Crippen LogP contribution in [0.2, 0.25) is 0 Å². The van der Waals surface area contributed by atoms with Gasteiger partial charge in [-0.3, -0.25) is 13.9 Å². The zero-order chi connectivity index (χ0) is 29.8. The Balaban J connectivity index is 1.90. The number of para-hydroxylation sites is 1. The quantitative estimate of drug-likeness (QED) is 0.279. The molecule has 2 amide bonds. The van der Waals surface area contributed by atoms with Crippen molar-refractivity contribution in [2.75, 3.05) is 24.2 Å². The van der Waals surface area contributed by atoms with Gasteiger partial charge in [-0.15, -0.1) is 0 Å². The van der Waals surface area contributed by atoms with Crippen LogP contribution >= 0.6 is 0 Å². The molecule has 9 heteroatoms. The molecule has 3 aromatic rings. The highest BCUT2D eigenvalue weighted by atomic mass is 32.2. The lowest BCUT2D eigenvalue weighted by atomic mass is 10.0. The maximum Gasteiger partial charge on any atom is 0.243 e. The number of anilines is 1. The molecule has 0 aromatic heterocycles. The molecular weight excluding hydrogens is 538 g/mol. The fourth-order valence-corrected chi connectivity index (χ4v) is 5.53. The van der Waals surface area contributed by atoms with Crippen molar-refractivity contribution >= 4 is 27.5 Å². The van der Waals surface area contributed by atoms with Gasteiger partial charge in [0.05, 0.1) is 19.1 Å². The fourth-order valence-electron chi connectivity index (χ4n) is 4.56. The van der Waals surface area contributed by atoms with Crippen molar-refractivity contribution in [3.05, 3.63) is 96.1 Å². The lowest BCUT2D eigenvalue weighted by Gasteiger charge is -2.33.